The minimum atomic E-state index is -0.333. The minimum Gasteiger partial charge on any atom is -0.497 e. The summed E-state index contributed by atoms with van der Waals surface area (Å²) in [6.45, 7) is 2.13. The SMILES string of the molecule is COc1ccc(C(C)CC(=O)NCc2nc(-c3ccc(F)cc3)no2)cc1. The van der Waals surface area contributed by atoms with Crippen molar-refractivity contribution >= 4 is 5.91 Å². The molecule has 1 amide bonds. The molecule has 7 heteroatoms. The Labute approximate surface area is 156 Å². The Kier molecular flexibility index (Phi) is 5.80. The average molecular weight is 369 g/mol. The molecule has 1 heterocycles. The number of nitrogens with zero attached hydrogens (tertiary/aromatic N) is 2. The van der Waals surface area contributed by atoms with E-state index in [1.165, 1.54) is 12.1 Å². The minimum absolute atomic E-state index is 0.0633. The van der Waals surface area contributed by atoms with Crippen molar-refractivity contribution in [1.82, 2.24) is 15.5 Å². The molecule has 6 nitrogen and oxygen atoms in total. The zero-order valence-electron chi connectivity index (χ0n) is 15.1. The van der Waals surface area contributed by atoms with Gasteiger partial charge in [0.1, 0.15) is 11.6 Å². The fourth-order valence-corrected chi connectivity index (χ4v) is 2.62. The molecule has 0 aliphatic rings. The number of hydrogen-bond donors (Lipinski definition) is 1. The molecule has 3 aromatic rings. The highest BCUT2D eigenvalue weighted by Gasteiger charge is 2.13. The van der Waals surface area contributed by atoms with Gasteiger partial charge in [-0.25, -0.2) is 4.39 Å². The van der Waals surface area contributed by atoms with Crippen molar-refractivity contribution in [3.05, 3.63) is 65.8 Å². The van der Waals surface area contributed by atoms with Gasteiger partial charge < -0.3 is 14.6 Å². The lowest BCUT2D eigenvalue weighted by Gasteiger charge is -2.12. The standard InChI is InChI=1S/C20H20FN3O3/c1-13(14-5-9-17(26-2)10-6-14)11-18(25)22-12-19-23-20(24-27-19)15-3-7-16(21)8-4-15/h3-10,13H,11-12H2,1-2H3,(H,22,25). The lowest BCUT2D eigenvalue weighted by atomic mass is 9.97. The Morgan fingerprint density at radius 3 is 2.56 bits per heavy atom. The lowest BCUT2D eigenvalue weighted by Crippen LogP contribution is -2.24. The van der Waals surface area contributed by atoms with Gasteiger partial charge in [0.2, 0.25) is 17.6 Å². The molecule has 0 saturated carbocycles. The summed E-state index contributed by atoms with van der Waals surface area (Å²) in [5.41, 5.74) is 1.70. The molecule has 0 radical (unpaired) electrons. The molecule has 0 saturated heterocycles. The Hall–Kier alpha value is -3.22. The first-order valence-corrected chi connectivity index (χ1v) is 8.54. The van der Waals surface area contributed by atoms with Gasteiger partial charge in [-0.1, -0.05) is 24.2 Å². The first kappa shape index (κ1) is 18.6. The predicted molar refractivity (Wildman–Crippen MR) is 97.6 cm³/mol. The summed E-state index contributed by atoms with van der Waals surface area (Å²) >= 11 is 0. The van der Waals surface area contributed by atoms with Crippen LogP contribution in [0.2, 0.25) is 0 Å². The number of hydrogen-bond acceptors (Lipinski definition) is 5. The van der Waals surface area contributed by atoms with Gasteiger partial charge in [0.15, 0.2) is 0 Å². The van der Waals surface area contributed by atoms with Gasteiger partial charge in [-0.3, -0.25) is 4.79 Å². The monoisotopic (exact) mass is 369 g/mol. The molecule has 140 valence electrons. The second-order valence-electron chi connectivity index (χ2n) is 6.17. The van der Waals surface area contributed by atoms with Gasteiger partial charge in [-0.05, 0) is 47.9 Å². The van der Waals surface area contributed by atoms with Gasteiger partial charge >= 0.3 is 0 Å². The summed E-state index contributed by atoms with van der Waals surface area (Å²) in [4.78, 5) is 16.4. The smallest absolute Gasteiger partial charge is 0.246 e. The molecular weight excluding hydrogens is 349 g/mol. The summed E-state index contributed by atoms with van der Waals surface area (Å²) in [7, 11) is 1.62. The van der Waals surface area contributed by atoms with Crippen LogP contribution in [0.4, 0.5) is 4.39 Å². The zero-order valence-corrected chi connectivity index (χ0v) is 15.1. The topological polar surface area (TPSA) is 77.2 Å². The van der Waals surface area contributed by atoms with Crippen molar-refractivity contribution in [3.8, 4) is 17.1 Å². The molecule has 0 bridgehead atoms. The Morgan fingerprint density at radius 2 is 1.89 bits per heavy atom. The van der Waals surface area contributed by atoms with Crippen molar-refractivity contribution in [1.29, 1.82) is 0 Å². The summed E-state index contributed by atoms with van der Waals surface area (Å²) in [5.74, 6) is 1.04. The largest absolute Gasteiger partial charge is 0.497 e. The van der Waals surface area contributed by atoms with E-state index in [9.17, 15) is 9.18 Å². The Balaban J connectivity index is 1.52. The summed E-state index contributed by atoms with van der Waals surface area (Å²) in [5, 5.41) is 6.62. The summed E-state index contributed by atoms with van der Waals surface area (Å²) in [6.07, 6.45) is 0.339. The van der Waals surface area contributed by atoms with Crippen LogP contribution >= 0.6 is 0 Å². The molecule has 0 spiro atoms. The molecule has 1 aromatic heterocycles. The van der Waals surface area contributed by atoms with Crippen molar-refractivity contribution in [3.63, 3.8) is 0 Å². The maximum absolute atomic E-state index is 13.0. The number of nitrogens with one attached hydrogen (secondary N) is 1. The van der Waals surface area contributed by atoms with Gasteiger partial charge in [0.25, 0.3) is 0 Å². The summed E-state index contributed by atoms with van der Waals surface area (Å²) in [6, 6.07) is 13.4. The molecule has 0 fully saturated rings. The number of carbonyl (C=O) groups excluding carboxylic acids is 1. The van der Waals surface area contributed by atoms with E-state index in [1.807, 2.05) is 31.2 Å². The molecule has 1 N–H and O–H groups in total. The Morgan fingerprint density at radius 1 is 1.19 bits per heavy atom. The maximum atomic E-state index is 13.0. The van der Waals surface area contributed by atoms with Gasteiger partial charge in [-0.15, -0.1) is 0 Å². The second-order valence-corrected chi connectivity index (χ2v) is 6.17. The Bertz CT molecular complexity index is 892. The van der Waals surface area contributed by atoms with Crippen LogP contribution < -0.4 is 10.1 Å². The first-order chi connectivity index (χ1) is 13.0. The molecule has 3 rings (SSSR count). The number of carbonyl (C=O) groups is 1. The van der Waals surface area contributed by atoms with Crippen LogP contribution in [0.1, 0.15) is 30.7 Å². The van der Waals surface area contributed by atoms with Crippen LogP contribution in [0.5, 0.6) is 5.75 Å². The fourth-order valence-electron chi connectivity index (χ4n) is 2.62. The number of benzene rings is 2. The van der Waals surface area contributed by atoms with Gasteiger partial charge in [-0.2, -0.15) is 4.98 Å². The molecular formula is C20H20FN3O3. The second kappa shape index (κ2) is 8.44. The molecule has 0 aliphatic carbocycles. The third kappa shape index (κ3) is 4.91. The van der Waals surface area contributed by atoms with E-state index < -0.39 is 0 Å². The molecule has 2 aromatic carbocycles. The zero-order chi connectivity index (χ0) is 19.2. The number of halogens is 1. The number of methoxy groups -OCH3 is 1. The van der Waals surface area contributed by atoms with E-state index in [0.29, 0.717) is 23.7 Å². The van der Waals surface area contributed by atoms with Crippen LogP contribution in [0.3, 0.4) is 0 Å². The van der Waals surface area contributed by atoms with E-state index in [1.54, 1.807) is 19.2 Å². The lowest BCUT2D eigenvalue weighted by molar-refractivity contribution is -0.121. The number of ether oxygens (including phenoxy) is 1. The van der Waals surface area contributed by atoms with Crippen molar-refractivity contribution < 1.29 is 18.4 Å². The van der Waals surface area contributed by atoms with Crippen molar-refractivity contribution in [2.45, 2.75) is 25.8 Å². The maximum Gasteiger partial charge on any atom is 0.246 e. The number of aromatic nitrogens is 2. The van der Waals surface area contributed by atoms with Crippen LogP contribution in [-0.2, 0) is 11.3 Å². The number of amides is 1. The quantitative estimate of drug-likeness (QED) is 0.687. The highest BCUT2D eigenvalue weighted by molar-refractivity contribution is 5.76. The van der Waals surface area contributed by atoms with E-state index in [4.69, 9.17) is 9.26 Å². The van der Waals surface area contributed by atoms with E-state index in [2.05, 4.69) is 15.5 Å². The van der Waals surface area contributed by atoms with Crippen molar-refractivity contribution in [2.75, 3.05) is 7.11 Å². The highest BCUT2D eigenvalue weighted by atomic mass is 19.1. The molecule has 27 heavy (non-hydrogen) atoms. The van der Waals surface area contributed by atoms with Gasteiger partial charge in [0, 0.05) is 12.0 Å². The first-order valence-electron chi connectivity index (χ1n) is 8.54. The predicted octanol–water partition coefficient (Wildman–Crippen LogP) is 3.69. The third-order valence-corrected chi connectivity index (χ3v) is 4.18. The van der Waals surface area contributed by atoms with Crippen LogP contribution in [0.25, 0.3) is 11.4 Å². The van der Waals surface area contributed by atoms with E-state index in [0.717, 1.165) is 11.3 Å². The third-order valence-electron chi connectivity index (χ3n) is 4.18. The summed E-state index contributed by atoms with van der Waals surface area (Å²) < 4.78 is 23.2. The van der Waals surface area contributed by atoms with Crippen LogP contribution in [-0.4, -0.2) is 23.2 Å². The van der Waals surface area contributed by atoms with Crippen LogP contribution in [0.15, 0.2) is 53.1 Å². The normalized spacial score (nSPS) is 11.8. The molecule has 0 aliphatic heterocycles. The van der Waals surface area contributed by atoms with Gasteiger partial charge in [0.05, 0.1) is 13.7 Å². The average Bonchev–Trinajstić information content (AvgIpc) is 3.16. The molecule has 1 atom stereocenters. The van der Waals surface area contributed by atoms with Crippen molar-refractivity contribution in [2.24, 2.45) is 0 Å². The van der Waals surface area contributed by atoms with Crippen LogP contribution in [0, 0.1) is 5.82 Å². The van der Waals surface area contributed by atoms with E-state index in [-0.39, 0.29) is 24.2 Å². The fraction of sp³-hybridized carbons (Fsp3) is 0.250. The number of rotatable bonds is 7. The van der Waals surface area contributed by atoms with E-state index >= 15 is 0 Å². The highest BCUT2D eigenvalue weighted by Crippen LogP contribution is 2.22. The molecule has 1 unspecified atom stereocenters.